The first-order valence-electron chi connectivity index (χ1n) is 10.8. The molecule has 0 saturated heterocycles. The molecule has 0 spiro atoms. The summed E-state index contributed by atoms with van der Waals surface area (Å²) in [7, 11) is 0. The Labute approximate surface area is 180 Å². The van der Waals surface area contributed by atoms with E-state index in [0.29, 0.717) is 29.7 Å². The van der Waals surface area contributed by atoms with E-state index in [2.05, 4.69) is 18.3 Å². The number of aromatic hydroxyl groups is 1. The topological polar surface area (TPSA) is 86.6 Å². The summed E-state index contributed by atoms with van der Waals surface area (Å²) in [6.07, 6.45) is 8.41. The number of rotatable bonds is 8. The number of phenols is 1. The number of carbonyl (C=O) groups is 2. The molecule has 2 bridgehead atoms. The van der Waals surface area contributed by atoms with Crippen molar-refractivity contribution in [1.82, 2.24) is 5.32 Å². The number of fused-ring (bicyclic) bond motifs is 3. The molecule has 1 unspecified atom stereocenters. The maximum atomic E-state index is 13.1. The Morgan fingerprint density at radius 2 is 2.07 bits per heavy atom. The van der Waals surface area contributed by atoms with Gasteiger partial charge in [0.15, 0.2) is 0 Å². The maximum Gasteiger partial charge on any atom is 0.303 e. The molecule has 2 saturated carbocycles. The van der Waals surface area contributed by atoms with Crippen molar-refractivity contribution >= 4 is 33.3 Å². The smallest absolute Gasteiger partial charge is 0.303 e. The minimum atomic E-state index is -0.744. The summed E-state index contributed by atoms with van der Waals surface area (Å²) in [5, 5.41) is 24.6. The van der Waals surface area contributed by atoms with E-state index in [1.165, 1.54) is 36.2 Å². The molecule has 3 N–H and O–H groups in total. The van der Waals surface area contributed by atoms with E-state index in [1.54, 1.807) is 12.1 Å². The Balaban J connectivity index is 1.44. The Hall–Kier alpha value is -2.34. The number of aliphatic carboxylic acids is 1. The van der Waals surface area contributed by atoms with E-state index in [4.69, 9.17) is 5.11 Å². The van der Waals surface area contributed by atoms with Crippen LogP contribution in [0.15, 0.2) is 35.2 Å². The fourth-order valence-electron chi connectivity index (χ4n) is 5.41. The standard InChI is InChI=1S/C24H29NO4S/c1-14(4-2-3-5-22(27)28)10-18-15-6-7-16(11-15)23(18)25-24(29)20-13-30-21-9-8-17(26)12-19(20)21/h4,8-9,12-13,15-16,18,23,26H,2-3,5-7,10-11H2,1H3,(H,25,29)(H,27,28)/t15-,16+,18+,23?/m1/s1. The third kappa shape index (κ3) is 4.38. The van der Waals surface area contributed by atoms with Crippen LogP contribution in [0.5, 0.6) is 5.75 Å². The van der Waals surface area contributed by atoms with Crippen LogP contribution in [0, 0.1) is 17.8 Å². The molecule has 1 aromatic heterocycles. The molecule has 6 heteroatoms. The number of carboxylic acids is 1. The van der Waals surface area contributed by atoms with Crippen LogP contribution >= 0.6 is 11.3 Å². The van der Waals surface area contributed by atoms with Crippen LogP contribution in [0.3, 0.4) is 0 Å². The number of benzene rings is 1. The van der Waals surface area contributed by atoms with Crippen molar-refractivity contribution in [2.45, 2.75) is 57.9 Å². The van der Waals surface area contributed by atoms with Crippen LogP contribution in [0.1, 0.15) is 62.2 Å². The van der Waals surface area contributed by atoms with Crippen LogP contribution in [-0.4, -0.2) is 28.1 Å². The lowest BCUT2D eigenvalue weighted by atomic mass is 9.80. The molecule has 4 atom stereocenters. The molecular weight excluding hydrogens is 398 g/mol. The molecule has 2 aromatic rings. The third-order valence-electron chi connectivity index (χ3n) is 6.83. The molecule has 1 amide bonds. The van der Waals surface area contributed by atoms with Gasteiger partial charge in [-0.3, -0.25) is 9.59 Å². The summed E-state index contributed by atoms with van der Waals surface area (Å²) < 4.78 is 1.00. The zero-order chi connectivity index (χ0) is 21.3. The van der Waals surface area contributed by atoms with Crippen LogP contribution in [0.4, 0.5) is 0 Å². The van der Waals surface area contributed by atoms with Gasteiger partial charge >= 0.3 is 5.97 Å². The minimum absolute atomic E-state index is 0.0440. The number of hydrogen-bond acceptors (Lipinski definition) is 4. The zero-order valence-electron chi connectivity index (χ0n) is 17.3. The Morgan fingerprint density at radius 1 is 1.27 bits per heavy atom. The second-order valence-electron chi connectivity index (χ2n) is 8.87. The number of carboxylic acid groups (broad SMARTS) is 1. The Bertz CT molecular complexity index is 979. The molecular formula is C24H29NO4S. The molecule has 2 aliphatic carbocycles. The van der Waals surface area contributed by atoms with Gasteiger partial charge in [-0.05, 0) is 81.4 Å². The first-order valence-corrected chi connectivity index (χ1v) is 11.7. The predicted molar refractivity (Wildman–Crippen MR) is 119 cm³/mol. The second kappa shape index (κ2) is 8.80. The maximum absolute atomic E-state index is 13.1. The number of unbranched alkanes of at least 4 members (excludes halogenated alkanes) is 1. The van der Waals surface area contributed by atoms with Crippen LogP contribution in [0.25, 0.3) is 10.1 Å². The van der Waals surface area contributed by atoms with Crippen LogP contribution in [-0.2, 0) is 4.79 Å². The zero-order valence-corrected chi connectivity index (χ0v) is 18.1. The third-order valence-corrected chi connectivity index (χ3v) is 7.80. The SMILES string of the molecule is CC(=CCCCC(=O)O)C[C@@H]1C(NC(=O)c2csc3ccc(O)cc23)[C@H]2CC[C@@H]1C2. The van der Waals surface area contributed by atoms with Gasteiger partial charge in [0.2, 0.25) is 0 Å². The summed E-state index contributed by atoms with van der Waals surface area (Å²) >= 11 is 1.53. The van der Waals surface area contributed by atoms with Crippen molar-refractivity contribution < 1.29 is 19.8 Å². The average Bonchev–Trinajstić information content (AvgIpc) is 3.40. The number of amides is 1. The number of allylic oxidation sites excluding steroid dienone is 2. The number of thiophene rings is 1. The molecule has 0 aliphatic heterocycles. The first-order chi connectivity index (χ1) is 14.4. The summed E-state index contributed by atoms with van der Waals surface area (Å²) in [4.78, 5) is 23.8. The van der Waals surface area contributed by atoms with Gasteiger partial charge in [-0.15, -0.1) is 11.3 Å². The van der Waals surface area contributed by atoms with Crippen molar-refractivity contribution in [3.8, 4) is 5.75 Å². The normalized spacial score (nSPS) is 25.7. The number of phenolic OH excluding ortho intramolecular Hbond substituents is 1. The van der Waals surface area contributed by atoms with Crippen molar-refractivity contribution in [3.05, 3.63) is 40.8 Å². The van der Waals surface area contributed by atoms with E-state index in [-0.39, 0.29) is 24.1 Å². The van der Waals surface area contributed by atoms with Crippen LogP contribution < -0.4 is 5.32 Å². The second-order valence-corrected chi connectivity index (χ2v) is 9.78. The number of carbonyl (C=O) groups excluding carboxylic acids is 1. The van der Waals surface area contributed by atoms with E-state index >= 15 is 0 Å². The Morgan fingerprint density at radius 3 is 2.87 bits per heavy atom. The largest absolute Gasteiger partial charge is 0.508 e. The summed E-state index contributed by atoms with van der Waals surface area (Å²) in [6.45, 7) is 2.13. The molecule has 2 fully saturated rings. The lowest BCUT2D eigenvalue weighted by Crippen LogP contribution is -2.44. The highest BCUT2D eigenvalue weighted by molar-refractivity contribution is 7.17. The van der Waals surface area contributed by atoms with Crippen molar-refractivity contribution in [2.24, 2.45) is 17.8 Å². The highest BCUT2D eigenvalue weighted by Gasteiger charge is 2.47. The summed E-state index contributed by atoms with van der Waals surface area (Å²) in [5.74, 6) is 1.04. The lowest BCUT2D eigenvalue weighted by molar-refractivity contribution is -0.137. The quantitative estimate of drug-likeness (QED) is 0.392. The van der Waals surface area contributed by atoms with Gasteiger partial charge in [-0.1, -0.05) is 11.6 Å². The van der Waals surface area contributed by atoms with E-state index in [0.717, 1.165) is 22.9 Å². The molecule has 5 nitrogen and oxygen atoms in total. The molecule has 2 aliphatic rings. The van der Waals surface area contributed by atoms with E-state index in [1.807, 2.05) is 11.4 Å². The predicted octanol–water partition coefficient (Wildman–Crippen LogP) is 5.34. The Kier molecular flexibility index (Phi) is 6.14. The first kappa shape index (κ1) is 20.9. The van der Waals surface area contributed by atoms with Gasteiger partial charge < -0.3 is 15.5 Å². The van der Waals surface area contributed by atoms with Gasteiger partial charge in [0.1, 0.15) is 5.75 Å². The number of hydrogen-bond donors (Lipinski definition) is 3. The molecule has 1 aromatic carbocycles. The highest BCUT2D eigenvalue weighted by atomic mass is 32.1. The minimum Gasteiger partial charge on any atom is -0.508 e. The fourth-order valence-corrected chi connectivity index (χ4v) is 6.33. The molecule has 0 radical (unpaired) electrons. The van der Waals surface area contributed by atoms with Gasteiger partial charge in [0.05, 0.1) is 5.56 Å². The van der Waals surface area contributed by atoms with Crippen molar-refractivity contribution in [1.29, 1.82) is 0 Å². The monoisotopic (exact) mass is 427 g/mol. The van der Waals surface area contributed by atoms with E-state index < -0.39 is 5.97 Å². The van der Waals surface area contributed by atoms with Gasteiger partial charge in [0, 0.05) is 27.9 Å². The van der Waals surface area contributed by atoms with Crippen molar-refractivity contribution in [3.63, 3.8) is 0 Å². The molecule has 4 rings (SSSR count). The average molecular weight is 428 g/mol. The molecule has 1 heterocycles. The van der Waals surface area contributed by atoms with Gasteiger partial charge in [-0.25, -0.2) is 0 Å². The lowest BCUT2D eigenvalue weighted by Gasteiger charge is -2.32. The summed E-state index contributed by atoms with van der Waals surface area (Å²) in [5.41, 5.74) is 1.94. The van der Waals surface area contributed by atoms with Crippen LogP contribution in [0.2, 0.25) is 0 Å². The highest BCUT2D eigenvalue weighted by Crippen LogP contribution is 2.50. The van der Waals surface area contributed by atoms with Gasteiger partial charge in [0.25, 0.3) is 5.91 Å². The summed E-state index contributed by atoms with van der Waals surface area (Å²) in [6, 6.07) is 5.36. The fraction of sp³-hybridized carbons (Fsp3) is 0.500. The number of nitrogens with one attached hydrogen (secondary N) is 1. The molecule has 160 valence electrons. The van der Waals surface area contributed by atoms with Gasteiger partial charge in [-0.2, -0.15) is 0 Å². The van der Waals surface area contributed by atoms with Crippen molar-refractivity contribution in [2.75, 3.05) is 0 Å². The van der Waals surface area contributed by atoms with E-state index in [9.17, 15) is 14.7 Å². The molecule has 30 heavy (non-hydrogen) atoms.